The summed E-state index contributed by atoms with van der Waals surface area (Å²) in [6, 6.07) is 6.80. The summed E-state index contributed by atoms with van der Waals surface area (Å²) < 4.78 is 0.988. The van der Waals surface area contributed by atoms with Crippen LogP contribution in [0.1, 0.15) is 36.0 Å². The smallest absolute Gasteiger partial charge is 0.250 e. The fraction of sp³-hybridized carbons (Fsp3) is 0.533. The molecule has 1 saturated carbocycles. The maximum absolute atomic E-state index is 11.7. The highest BCUT2D eigenvalue weighted by Gasteiger charge is 2.33. The second-order valence-corrected chi connectivity index (χ2v) is 6.62. The maximum Gasteiger partial charge on any atom is 0.250 e. The van der Waals surface area contributed by atoms with Crippen LogP contribution in [0.25, 0.3) is 0 Å². The Kier molecular flexibility index (Phi) is 3.98. The molecule has 5 heteroatoms. The van der Waals surface area contributed by atoms with Crippen LogP contribution in [-0.4, -0.2) is 31.1 Å². The molecule has 4 nitrogen and oxygen atoms in total. The molecule has 0 spiro atoms. The third kappa shape index (κ3) is 2.99. The molecule has 1 heterocycles. The van der Waals surface area contributed by atoms with Crippen LogP contribution in [0, 0.1) is 0 Å². The van der Waals surface area contributed by atoms with E-state index in [4.69, 9.17) is 5.73 Å². The van der Waals surface area contributed by atoms with Crippen LogP contribution in [0.15, 0.2) is 22.7 Å². The van der Waals surface area contributed by atoms with Gasteiger partial charge in [-0.05, 0) is 50.4 Å². The van der Waals surface area contributed by atoms with Crippen LogP contribution < -0.4 is 16.0 Å². The van der Waals surface area contributed by atoms with Gasteiger partial charge in [-0.1, -0.05) is 15.9 Å². The molecule has 20 heavy (non-hydrogen) atoms. The summed E-state index contributed by atoms with van der Waals surface area (Å²) in [6.07, 6.45) is 4.86. The van der Waals surface area contributed by atoms with Gasteiger partial charge in [0.25, 0.3) is 5.91 Å². The van der Waals surface area contributed by atoms with Gasteiger partial charge in [-0.25, -0.2) is 0 Å². The Labute approximate surface area is 127 Å². The standard InChI is InChI=1S/C15H20BrN3O/c16-10-3-6-13(15(17)20)14(8-10)19(12-4-5-12)9-11-2-1-7-18-11/h3,6,8,11-12,18H,1-2,4-5,7,9H2,(H2,17,20). The van der Waals surface area contributed by atoms with E-state index in [1.807, 2.05) is 18.2 Å². The SMILES string of the molecule is NC(=O)c1ccc(Br)cc1N(CC1CCCN1)C1CC1. The molecule has 1 aromatic carbocycles. The highest BCUT2D eigenvalue weighted by Crippen LogP contribution is 2.35. The van der Waals surface area contributed by atoms with E-state index < -0.39 is 0 Å². The molecule has 1 aliphatic carbocycles. The molecule has 1 amide bonds. The number of amides is 1. The number of rotatable bonds is 5. The van der Waals surface area contributed by atoms with Crippen molar-refractivity contribution >= 4 is 27.5 Å². The first-order valence-electron chi connectivity index (χ1n) is 7.24. The van der Waals surface area contributed by atoms with Crippen LogP contribution >= 0.6 is 15.9 Å². The molecule has 108 valence electrons. The summed E-state index contributed by atoms with van der Waals surface area (Å²) in [4.78, 5) is 14.1. The normalized spacial score (nSPS) is 21.9. The summed E-state index contributed by atoms with van der Waals surface area (Å²) in [5.41, 5.74) is 7.13. The average molecular weight is 338 g/mol. The second kappa shape index (κ2) is 5.74. The van der Waals surface area contributed by atoms with Gasteiger partial charge in [0.2, 0.25) is 0 Å². The van der Waals surface area contributed by atoms with Crippen LogP contribution in [0.5, 0.6) is 0 Å². The summed E-state index contributed by atoms with van der Waals surface area (Å²) in [7, 11) is 0. The summed E-state index contributed by atoms with van der Waals surface area (Å²) in [6.45, 7) is 2.06. The lowest BCUT2D eigenvalue weighted by Gasteiger charge is -2.29. The van der Waals surface area contributed by atoms with Crippen molar-refractivity contribution in [2.24, 2.45) is 5.73 Å². The zero-order valence-electron chi connectivity index (χ0n) is 11.4. The molecular weight excluding hydrogens is 318 g/mol. The highest BCUT2D eigenvalue weighted by molar-refractivity contribution is 9.10. The van der Waals surface area contributed by atoms with Gasteiger partial charge in [0, 0.05) is 23.1 Å². The van der Waals surface area contributed by atoms with Crippen molar-refractivity contribution < 1.29 is 4.79 Å². The number of benzene rings is 1. The van der Waals surface area contributed by atoms with E-state index in [0.29, 0.717) is 17.6 Å². The Morgan fingerprint density at radius 1 is 1.40 bits per heavy atom. The van der Waals surface area contributed by atoms with Crippen molar-refractivity contribution in [2.45, 2.75) is 37.8 Å². The van der Waals surface area contributed by atoms with Crippen molar-refractivity contribution in [3.63, 3.8) is 0 Å². The van der Waals surface area contributed by atoms with Crippen molar-refractivity contribution in [1.82, 2.24) is 5.32 Å². The van der Waals surface area contributed by atoms with Gasteiger partial charge in [-0.15, -0.1) is 0 Å². The molecule has 1 saturated heterocycles. The van der Waals surface area contributed by atoms with Crippen LogP contribution in [-0.2, 0) is 0 Å². The minimum absolute atomic E-state index is 0.350. The summed E-state index contributed by atoms with van der Waals surface area (Å²) in [5.74, 6) is -0.350. The number of hydrogen-bond donors (Lipinski definition) is 2. The molecule has 1 aliphatic heterocycles. The predicted molar refractivity (Wildman–Crippen MR) is 84.1 cm³/mol. The van der Waals surface area contributed by atoms with E-state index in [1.54, 1.807) is 0 Å². The van der Waals surface area contributed by atoms with Gasteiger partial charge in [0.15, 0.2) is 0 Å². The molecule has 3 rings (SSSR count). The van der Waals surface area contributed by atoms with E-state index in [1.165, 1.54) is 25.7 Å². The Bertz CT molecular complexity index is 510. The minimum Gasteiger partial charge on any atom is -0.366 e. The lowest BCUT2D eigenvalue weighted by molar-refractivity contribution is 0.100. The number of hydrogen-bond acceptors (Lipinski definition) is 3. The zero-order chi connectivity index (χ0) is 14.1. The molecule has 1 unspecified atom stereocenters. The Morgan fingerprint density at radius 2 is 2.20 bits per heavy atom. The molecule has 1 aromatic rings. The fourth-order valence-electron chi connectivity index (χ4n) is 2.93. The lowest BCUT2D eigenvalue weighted by atomic mass is 10.1. The minimum atomic E-state index is -0.350. The van der Waals surface area contributed by atoms with E-state index >= 15 is 0 Å². The van der Waals surface area contributed by atoms with Crippen molar-refractivity contribution in [3.8, 4) is 0 Å². The average Bonchev–Trinajstić information content (AvgIpc) is 3.12. The van der Waals surface area contributed by atoms with Gasteiger partial charge >= 0.3 is 0 Å². The number of nitrogens with two attached hydrogens (primary N) is 1. The molecule has 1 atom stereocenters. The van der Waals surface area contributed by atoms with Crippen molar-refractivity contribution in [3.05, 3.63) is 28.2 Å². The number of anilines is 1. The number of halogens is 1. The maximum atomic E-state index is 11.7. The third-order valence-corrected chi connectivity index (χ3v) is 4.60. The van der Waals surface area contributed by atoms with Crippen LogP contribution in [0.3, 0.4) is 0 Å². The number of nitrogens with one attached hydrogen (secondary N) is 1. The Balaban J connectivity index is 1.89. The van der Waals surface area contributed by atoms with E-state index in [0.717, 1.165) is 23.2 Å². The molecule has 3 N–H and O–H groups in total. The van der Waals surface area contributed by atoms with Crippen LogP contribution in [0.4, 0.5) is 5.69 Å². The fourth-order valence-corrected chi connectivity index (χ4v) is 3.28. The van der Waals surface area contributed by atoms with E-state index in [9.17, 15) is 4.79 Å². The lowest BCUT2D eigenvalue weighted by Crippen LogP contribution is -2.39. The monoisotopic (exact) mass is 337 g/mol. The number of primary amides is 1. The van der Waals surface area contributed by atoms with Crippen molar-refractivity contribution in [1.29, 1.82) is 0 Å². The first-order valence-corrected chi connectivity index (χ1v) is 8.04. The summed E-state index contributed by atoms with van der Waals surface area (Å²) in [5, 5.41) is 3.53. The Hall–Kier alpha value is -1.07. The van der Waals surface area contributed by atoms with Gasteiger partial charge in [0.05, 0.1) is 11.3 Å². The van der Waals surface area contributed by atoms with Crippen LogP contribution in [0.2, 0.25) is 0 Å². The van der Waals surface area contributed by atoms with Crippen molar-refractivity contribution in [2.75, 3.05) is 18.0 Å². The molecule has 0 radical (unpaired) electrons. The molecule has 2 fully saturated rings. The number of carbonyl (C=O) groups is 1. The van der Waals surface area contributed by atoms with Gasteiger partial charge in [-0.2, -0.15) is 0 Å². The quantitative estimate of drug-likeness (QED) is 0.866. The molecule has 0 aromatic heterocycles. The summed E-state index contributed by atoms with van der Waals surface area (Å²) >= 11 is 3.50. The zero-order valence-corrected chi connectivity index (χ0v) is 13.0. The first-order chi connectivity index (χ1) is 9.65. The van der Waals surface area contributed by atoms with E-state index in [2.05, 4.69) is 26.1 Å². The number of nitrogens with zero attached hydrogens (tertiary/aromatic N) is 1. The third-order valence-electron chi connectivity index (χ3n) is 4.10. The molecule has 2 aliphatic rings. The molecular formula is C15H20BrN3O. The first kappa shape index (κ1) is 13.9. The topological polar surface area (TPSA) is 58.4 Å². The second-order valence-electron chi connectivity index (χ2n) is 5.70. The molecule has 0 bridgehead atoms. The predicted octanol–water partition coefficient (Wildman–Crippen LogP) is 2.27. The number of carbonyl (C=O) groups excluding carboxylic acids is 1. The highest BCUT2D eigenvalue weighted by atomic mass is 79.9. The largest absolute Gasteiger partial charge is 0.366 e. The van der Waals surface area contributed by atoms with E-state index in [-0.39, 0.29) is 5.91 Å². The Morgan fingerprint density at radius 3 is 2.80 bits per heavy atom. The van der Waals surface area contributed by atoms with Gasteiger partial charge in [0.1, 0.15) is 0 Å². The van der Waals surface area contributed by atoms with Gasteiger partial charge in [-0.3, -0.25) is 4.79 Å². The van der Waals surface area contributed by atoms with Gasteiger partial charge < -0.3 is 16.0 Å².